The highest BCUT2D eigenvalue weighted by molar-refractivity contribution is 5.99. The Morgan fingerprint density at radius 1 is 1.00 bits per heavy atom. The van der Waals surface area contributed by atoms with E-state index in [9.17, 15) is 4.79 Å². The molecule has 0 atom stereocenters. The first-order valence-corrected chi connectivity index (χ1v) is 6.40. The minimum absolute atomic E-state index is 0.312. The molecule has 0 unspecified atom stereocenters. The van der Waals surface area contributed by atoms with E-state index >= 15 is 0 Å². The lowest BCUT2D eigenvalue weighted by Crippen LogP contribution is -2.06. The second-order valence-electron chi connectivity index (χ2n) is 4.72. The highest BCUT2D eigenvalue weighted by atomic mass is 16.5. The molecule has 3 heteroatoms. The number of aryl methyl sites for hydroxylation is 2. The lowest BCUT2D eigenvalue weighted by Gasteiger charge is -2.13. The first kappa shape index (κ1) is 14.1. The monoisotopic (exact) mass is 270 g/mol. The molecule has 0 aliphatic carbocycles. The van der Waals surface area contributed by atoms with Crippen molar-refractivity contribution in [1.82, 2.24) is 0 Å². The van der Waals surface area contributed by atoms with Gasteiger partial charge in [-0.1, -0.05) is 29.8 Å². The van der Waals surface area contributed by atoms with E-state index in [1.807, 2.05) is 50.2 Å². The van der Waals surface area contributed by atoms with E-state index in [1.54, 1.807) is 7.11 Å². The lowest BCUT2D eigenvalue weighted by molar-refractivity contribution is 0.0601. The molecule has 0 heterocycles. The number of hydrogen-bond donors (Lipinski definition) is 0. The van der Waals surface area contributed by atoms with Crippen LogP contribution in [0.4, 0.5) is 0 Å². The Morgan fingerprint density at radius 2 is 1.65 bits per heavy atom. The molecule has 0 fully saturated rings. The summed E-state index contributed by atoms with van der Waals surface area (Å²) in [6.45, 7) is 3.94. The Morgan fingerprint density at radius 3 is 2.20 bits per heavy atom. The van der Waals surface area contributed by atoms with Gasteiger partial charge in [-0.3, -0.25) is 0 Å². The molecular weight excluding hydrogens is 252 g/mol. The summed E-state index contributed by atoms with van der Waals surface area (Å²) in [6, 6.07) is 11.6. The maximum absolute atomic E-state index is 12.0. The Balaban J connectivity index is 2.61. The fraction of sp³-hybridized carbons (Fsp3) is 0.235. The highest BCUT2D eigenvalue weighted by Gasteiger charge is 2.16. The number of carbonyl (C=O) groups excluding carboxylic acids is 1. The molecule has 0 N–H and O–H groups in total. The molecule has 104 valence electrons. The third-order valence-corrected chi connectivity index (χ3v) is 3.27. The summed E-state index contributed by atoms with van der Waals surface area (Å²) in [5.74, 6) is 0.478. The van der Waals surface area contributed by atoms with E-state index in [-0.39, 0.29) is 5.97 Å². The molecule has 20 heavy (non-hydrogen) atoms. The fourth-order valence-electron chi connectivity index (χ4n) is 2.34. The minimum Gasteiger partial charge on any atom is -0.497 e. The van der Waals surface area contributed by atoms with E-state index in [1.165, 1.54) is 7.11 Å². The van der Waals surface area contributed by atoms with Gasteiger partial charge in [0.05, 0.1) is 19.8 Å². The summed E-state index contributed by atoms with van der Waals surface area (Å²) in [5, 5.41) is 0. The van der Waals surface area contributed by atoms with Crippen LogP contribution in [-0.2, 0) is 4.74 Å². The topological polar surface area (TPSA) is 35.5 Å². The molecule has 3 nitrogen and oxygen atoms in total. The van der Waals surface area contributed by atoms with Crippen molar-refractivity contribution in [2.24, 2.45) is 0 Å². The van der Waals surface area contributed by atoms with Crippen LogP contribution in [0.5, 0.6) is 5.75 Å². The molecular formula is C17H18O3. The van der Waals surface area contributed by atoms with Crippen molar-refractivity contribution in [3.8, 4) is 16.9 Å². The summed E-state index contributed by atoms with van der Waals surface area (Å²) in [4.78, 5) is 12.0. The van der Waals surface area contributed by atoms with Crippen LogP contribution in [0.15, 0.2) is 36.4 Å². The second kappa shape index (κ2) is 5.78. The summed E-state index contributed by atoms with van der Waals surface area (Å²) in [6.07, 6.45) is 0. The molecule has 2 aromatic carbocycles. The maximum atomic E-state index is 12.0. The molecule has 0 aliphatic rings. The smallest absolute Gasteiger partial charge is 0.338 e. The van der Waals surface area contributed by atoms with Crippen LogP contribution < -0.4 is 4.74 Å². The summed E-state index contributed by atoms with van der Waals surface area (Å²) >= 11 is 0. The average molecular weight is 270 g/mol. The SMILES string of the molecule is COC(=O)c1c(C)cc(C)cc1-c1ccc(OC)cc1. The largest absolute Gasteiger partial charge is 0.497 e. The number of hydrogen-bond acceptors (Lipinski definition) is 3. The molecule has 0 aromatic heterocycles. The van der Waals surface area contributed by atoms with Gasteiger partial charge in [0.15, 0.2) is 0 Å². The van der Waals surface area contributed by atoms with Gasteiger partial charge in [-0.25, -0.2) is 4.79 Å². The molecule has 0 radical (unpaired) electrons. The first-order valence-electron chi connectivity index (χ1n) is 6.40. The van der Waals surface area contributed by atoms with Gasteiger partial charge < -0.3 is 9.47 Å². The molecule has 0 amide bonds. The van der Waals surface area contributed by atoms with Gasteiger partial charge in [0, 0.05) is 0 Å². The molecule has 0 saturated carbocycles. The van der Waals surface area contributed by atoms with Crippen LogP contribution in [-0.4, -0.2) is 20.2 Å². The normalized spacial score (nSPS) is 10.2. The standard InChI is InChI=1S/C17H18O3/c1-11-9-12(2)16(17(18)20-4)15(10-11)13-5-7-14(19-3)8-6-13/h5-10H,1-4H3. The van der Waals surface area contributed by atoms with E-state index in [0.29, 0.717) is 5.56 Å². The maximum Gasteiger partial charge on any atom is 0.338 e. The van der Waals surface area contributed by atoms with Crippen molar-refractivity contribution in [3.05, 3.63) is 53.1 Å². The fourth-order valence-corrected chi connectivity index (χ4v) is 2.34. The van der Waals surface area contributed by atoms with Gasteiger partial charge in [0.25, 0.3) is 0 Å². The number of benzene rings is 2. The predicted octanol–water partition coefficient (Wildman–Crippen LogP) is 3.77. The highest BCUT2D eigenvalue weighted by Crippen LogP contribution is 2.29. The van der Waals surface area contributed by atoms with Crippen molar-refractivity contribution >= 4 is 5.97 Å². The quantitative estimate of drug-likeness (QED) is 0.796. The van der Waals surface area contributed by atoms with Gasteiger partial charge in [-0.05, 0) is 42.7 Å². The van der Waals surface area contributed by atoms with Crippen molar-refractivity contribution < 1.29 is 14.3 Å². The van der Waals surface area contributed by atoms with E-state index in [4.69, 9.17) is 9.47 Å². The second-order valence-corrected chi connectivity index (χ2v) is 4.72. The molecule has 2 rings (SSSR count). The van der Waals surface area contributed by atoms with E-state index < -0.39 is 0 Å². The summed E-state index contributed by atoms with van der Waals surface area (Å²) in [7, 11) is 3.03. The lowest BCUT2D eigenvalue weighted by atomic mass is 9.93. The third kappa shape index (κ3) is 2.67. The van der Waals surface area contributed by atoms with Crippen molar-refractivity contribution in [1.29, 1.82) is 0 Å². The third-order valence-electron chi connectivity index (χ3n) is 3.27. The van der Waals surface area contributed by atoms with Gasteiger partial charge in [-0.2, -0.15) is 0 Å². The van der Waals surface area contributed by atoms with Crippen LogP contribution in [0.1, 0.15) is 21.5 Å². The zero-order valence-electron chi connectivity index (χ0n) is 12.2. The Labute approximate surface area is 119 Å². The molecule has 0 bridgehead atoms. The zero-order valence-corrected chi connectivity index (χ0v) is 12.2. The van der Waals surface area contributed by atoms with Crippen molar-refractivity contribution in [2.45, 2.75) is 13.8 Å². The first-order chi connectivity index (χ1) is 9.56. The van der Waals surface area contributed by atoms with Crippen molar-refractivity contribution in [3.63, 3.8) is 0 Å². The Kier molecular flexibility index (Phi) is 4.08. The average Bonchev–Trinajstić information content (AvgIpc) is 2.46. The summed E-state index contributed by atoms with van der Waals surface area (Å²) in [5.41, 5.74) is 4.50. The van der Waals surface area contributed by atoms with E-state index in [0.717, 1.165) is 28.0 Å². The van der Waals surface area contributed by atoms with Crippen LogP contribution in [0.2, 0.25) is 0 Å². The molecule has 0 saturated heterocycles. The van der Waals surface area contributed by atoms with Crippen LogP contribution >= 0.6 is 0 Å². The number of esters is 1. The molecule has 2 aromatic rings. The predicted molar refractivity (Wildman–Crippen MR) is 79.2 cm³/mol. The van der Waals surface area contributed by atoms with Crippen molar-refractivity contribution in [2.75, 3.05) is 14.2 Å². The molecule has 0 spiro atoms. The zero-order chi connectivity index (χ0) is 14.7. The van der Waals surface area contributed by atoms with Gasteiger partial charge >= 0.3 is 5.97 Å². The van der Waals surface area contributed by atoms with Crippen LogP contribution in [0.25, 0.3) is 11.1 Å². The van der Waals surface area contributed by atoms with Crippen LogP contribution in [0, 0.1) is 13.8 Å². The Hall–Kier alpha value is -2.29. The van der Waals surface area contributed by atoms with E-state index in [2.05, 4.69) is 0 Å². The minimum atomic E-state index is -0.312. The number of carbonyl (C=O) groups is 1. The number of rotatable bonds is 3. The van der Waals surface area contributed by atoms with Gasteiger partial charge in [0.2, 0.25) is 0 Å². The molecule has 0 aliphatic heterocycles. The summed E-state index contributed by atoms with van der Waals surface area (Å²) < 4.78 is 10.1. The van der Waals surface area contributed by atoms with Gasteiger partial charge in [0.1, 0.15) is 5.75 Å². The van der Waals surface area contributed by atoms with Crippen LogP contribution in [0.3, 0.4) is 0 Å². The Bertz CT molecular complexity index is 627. The number of ether oxygens (including phenoxy) is 2. The van der Waals surface area contributed by atoms with Gasteiger partial charge in [-0.15, -0.1) is 0 Å². The number of methoxy groups -OCH3 is 2.